The van der Waals surface area contributed by atoms with Gasteiger partial charge < -0.3 is 5.73 Å². The first-order valence-electron chi connectivity index (χ1n) is 5.83. The largest absolute Gasteiger partial charge is 0.398 e. The fourth-order valence-corrected chi connectivity index (χ4v) is 3.23. The lowest BCUT2D eigenvalue weighted by molar-refractivity contribution is 0.581. The third-order valence-corrected chi connectivity index (χ3v) is 5.02. The van der Waals surface area contributed by atoms with Crippen molar-refractivity contribution in [3.63, 3.8) is 0 Å². The lowest BCUT2D eigenvalue weighted by Gasteiger charge is -2.09. The molecule has 0 aliphatic rings. The molecule has 0 bridgehead atoms. The highest BCUT2D eigenvalue weighted by atomic mass is 79.9. The number of nitrogens with one attached hydrogen (secondary N) is 1. The van der Waals surface area contributed by atoms with Crippen molar-refractivity contribution >= 4 is 31.6 Å². The summed E-state index contributed by atoms with van der Waals surface area (Å²) in [5.41, 5.74) is 7.69. The second-order valence-corrected chi connectivity index (χ2v) is 7.04. The Bertz CT molecular complexity index is 740. The average Bonchev–Trinajstić information content (AvgIpc) is 2.67. The molecule has 108 valence electrons. The van der Waals surface area contributed by atoms with Crippen LogP contribution in [0.4, 0.5) is 5.69 Å². The number of aryl methyl sites for hydroxylation is 1. The summed E-state index contributed by atoms with van der Waals surface area (Å²) in [4.78, 5) is 0.0715. The van der Waals surface area contributed by atoms with E-state index in [9.17, 15) is 8.42 Å². The molecule has 1 heterocycles. The summed E-state index contributed by atoms with van der Waals surface area (Å²) >= 11 is 3.24. The topological polar surface area (TPSA) is 90.0 Å². The van der Waals surface area contributed by atoms with E-state index in [0.717, 1.165) is 15.7 Å². The summed E-state index contributed by atoms with van der Waals surface area (Å²) < 4.78 is 29.4. The summed E-state index contributed by atoms with van der Waals surface area (Å²) in [5.74, 6) is 0. The van der Waals surface area contributed by atoms with E-state index in [1.54, 1.807) is 30.1 Å². The number of nitrogens with zero attached hydrogens (tertiary/aromatic N) is 2. The minimum absolute atomic E-state index is 0.0715. The van der Waals surface area contributed by atoms with Crippen molar-refractivity contribution in [3.05, 3.63) is 40.1 Å². The Morgan fingerprint density at radius 2 is 2.15 bits per heavy atom. The number of nitrogens with two attached hydrogens (primary N) is 1. The highest BCUT2D eigenvalue weighted by molar-refractivity contribution is 9.10. The van der Waals surface area contributed by atoms with E-state index in [1.807, 2.05) is 6.92 Å². The van der Waals surface area contributed by atoms with Crippen LogP contribution in [0.15, 0.2) is 33.8 Å². The van der Waals surface area contributed by atoms with Gasteiger partial charge in [0.2, 0.25) is 10.0 Å². The maximum atomic E-state index is 12.2. The van der Waals surface area contributed by atoms with Crippen LogP contribution in [0.3, 0.4) is 0 Å². The van der Waals surface area contributed by atoms with Gasteiger partial charge in [0.15, 0.2) is 0 Å². The molecule has 0 aliphatic carbocycles. The number of rotatable bonds is 4. The molecule has 3 N–H and O–H groups in total. The van der Waals surface area contributed by atoms with Crippen molar-refractivity contribution in [1.82, 2.24) is 14.5 Å². The van der Waals surface area contributed by atoms with Crippen LogP contribution in [-0.4, -0.2) is 18.2 Å². The fraction of sp³-hybridized carbons (Fsp3) is 0.250. The lowest BCUT2D eigenvalue weighted by Crippen LogP contribution is -2.24. The smallest absolute Gasteiger partial charge is 0.242 e. The van der Waals surface area contributed by atoms with Gasteiger partial charge in [0, 0.05) is 29.3 Å². The van der Waals surface area contributed by atoms with Gasteiger partial charge >= 0.3 is 0 Å². The molecular weight excluding hydrogens is 344 g/mol. The van der Waals surface area contributed by atoms with E-state index in [4.69, 9.17) is 5.73 Å². The van der Waals surface area contributed by atoms with Crippen LogP contribution in [0.2, 0.25) is 0 Å². The van der Waals surface area contributed by atoms with Crippen molar-refractivity contribution in [2.45, 2.75) is 18.4 Å². The van der Waals surface area contributed by atoms with E-state index >= 15 is 0 Å². The van der Waals surface area contributed by atoms with Crippen LogP contribution in [0.1, 0.15) is 11.3 Å². The number of benzene rings is 1. The van der Waals surface area contributed by atoms with E-state index in [1.165, 1.54) is 6.07 Å². The summed E-state index contributed by atoms with van der Waals surface area (Å²) in [7, 11) is -1.84. The van der Waals surface area contributed by atoms with Gasteiger partial charge in [-0.15, -0.1) is 0 Å². The number of hydrogen-bond donors (Lipinski definition) is 2. The fourth-order valence-electron chi connectivity index (χ4n) is 1.73. The van der Waals surface area contributed by atoms with Gasteiger partial charge in [0.25, 0.3) is 0 Å². The quantitative estimate of drug-likeness (QED) is 0.811. The zero-order valence-electron chi connectivity index (χ0n) is 11.1. The first-order valence-corrected chi connectivity index (χ1v) is 8.11. The minimum Gasteiger partial charge on any atom is -0.398 e. The standard InChI is InChI=1S/C12H15BrN4O2S/c1-8-9(6-15-17(8)2)7-16-20(18,19)12-4-3-10(13)5-11(12)14/h3-6,16H,7,14H2,1-2H3. The molecule has 0 saturated carbocycles. The summed E-state index contributed by atoms with van der Waals surface area (Å²) in [5, 5.41) is 4.07. The molecule has 1 aromatic heterocycles. The molecule has 8 heteroatoms. The Labute approximate surface area is 126 Å². The van der Waals surface area contributed by atoms with E-state index < -0.39 is 10.0 Å². The van der Waals surface area contributed by atoms with Gasteiger partial charge in [-0.1, -0.05) is 15.9 Å². The molecule has 0 fully saturated rings. The predicted octanol–water partition coefficient (Wildman–Crippen LogP) is 1.55. The molecule has 0 spiro atoms. The Morgan fingerprint density at radius 1 is 1.45 bits per heavy atom. The first kappa shape index (κ1) is 15.0. The molecule has 6 nitrogen and oxygen atoms in total. The van der Waals surface area contributed by atoms with Crippen LogP contribution < -0.4 is 10.5 Å². The lowest BCUT2D eigenvalue weighted by atomic mass is 10.3. The molecular formula is C12H15BrN4O2S. The maximum Gasteiger partial charge on any atom is 0.242 e. The molecule has 0 atom stereocenters. The van der Waals surface area contributed by atoms with E-state index in [-0.39, 0.29) is 17.1 Å². The molecule has 0 aliphatic heterocycles. The van der Waals surface area contributed by atoms with Crippen molar-refractivity contribution < 1.29 is 8.42 Å². The number of halogens is 1. The molecule has 0 radical (unpaired) electrons. The minimum atomic E-state index is -3.65. The molecule has 2 aromatic rings. The molecule has 0 saturated heterocycles. The Kier molecular flexibility index (Phi) is 4.17. The highest BCUT2D eigenvalue weighted by Gasteiger charge is 2.18. The number of aromatic nitrogens is 2. The number of hydrogen-bond acceptors (Lipinski definition) is 4. The van der Waals surface area contributed by atoms with Gasteiger partial charge in [-0.25, -0.2) is 13.1 Å². The molecule has 1 aromatic carbocycles. The number of sulfonamides is 1. The Balaban J connectivity index is 2.21. The van der Waals surface area contributed by atoms with Gasteiger partial charge in [0.05, 0.1) is 11.9 Å². The maximum absolute atomic E-state index is 12.2. The molecule has 0 amide bonds. The summed E-state index contributed by atoms with van der Waals surface area (Å²) in [6, 6.07) is 4.67. The summed E-state index contributed by atoms with van der Waals surface area (Å²) in [6.07, 6.45) is 1.64. The molecule has 20 heavy (non-hydrogen) atoms. The highest BCUT2D eigenvalue weighted by Crippen LogP contribution is 2.22. The van der Waals surface area contributed by atoms with Crippen LogP contribution in [0.5, 0.6) is 0 Å². The second-order valence-electron chi connectivity index (χ2n) is 4.39. The van der Waals surface area contributed by atoms with Crippen LogP contribution in [-0.2, 0) is 23.6 Å². The number of anilines is 1. The van der Waals surface area contributed by atoms with Crippen molar-refractivity contribution in [3.8, 4) is 0 Å². The Hall–Kier alpha value is -1.38. The van der Waals surface area contributed by atoms with Crippen molar-refractivity contribution in [1.29, 1.82) is 0 Å². The first-order chi connectivity index (χ1) is 9.31. The summed E-state index contributed by atoms with van der Waals surface area (Å²) in [6.45, 7) is 2.06. The zero-order chi connectivity index (χ0) is 14.9. The van der Waals surface area contributed by atoms with E-state index in [0.29, 0.717) is 0 Å². The SMILES string of the molecule is Cc1c(CNS(=O)(=O)c2ccc(Br)cc2N)cnn1C. The molecule has 2 rings (SSSR count). The van der Waals surface area contributed by atoms with Crippen LogP contribution >= 0.6 is 15.9 Å². The van der Waals surface area contributed by atoms with Crippen molar-refractivity contribution in [2.24, 2.45) is 7.05 Å². The molecule has 0 unspecified atom stereocenters. The van der Waals surface area contributed by atoms with Gasteiger partial charge in [-0.2, -0.15) is 5.10 Å². The zero-order valence-corrected chi connectivity index (χ0v) is 13.5. The predicted molar refractivity (Wildman–Crippen MR) is 80.5 cm³/mol. The van der Waals surface area contributed by atoms with Gasteiger partial charge in [-0.05, 0) is 25.1 Å². The third-order valence-electron chi connectivity index (χ3n) is 3.05. The average molecular weight is 359 g/mol. The van der Waals surface area contributed by atoms with Crippen LogP contribution in [0.25, 0.3) is 0 Å². The van der Waals surface area contributed by atoms with E-state index in [2.05, 4.69) is 25.8 Å². The van der Waals surface area contributed by atoms with Gasteiger partial charge in [0.1, 0.15) is 4.90 Å². The monoisotopic (exact) mass is 358 g/mol. The Morgan fingerprint density at radius 3 is 2.70 bits per heavy atom. The van der Waals surface area contributed by atoms with Crippen molar-refractivity contribution in [2.75, 3.05) is 5.73 Å². The second kappa shape index (κ2) is 5.55. The number of nitrogen functional groups attached to an aromatic ring is 1. The van der Waals surface area contributed by atoms with Gasteiger partial charge in [-0.3, -0.25) is 4.68 Å². The van der Waals surface area contributed by atoms with Crippen LogP contribution in [0, 0.1) is 6.92 Å². The normalized spacial score (nSPS) is 11.8. The third kappa shape index (κ3) is 3.02.